The molecule has 1 aromatic carbocycles. The first-order valence-electron chi connectivity index (χ1n) is 10.3. The Bertz CT molecular complexity index is 1040. The van der Waals surface area contributed by atoms with Gasteiger partial charge in [0.25, 0.3) is 5.91 Å². The van der Waals surface area contributed by atoms with E-state index < -0.39 is 0 Å². The summed E-state index contributed by atoms with van der Waals surface area (Å²) >= 11 is 0. The topological polar surface area (TPSA) is 54.3 Å². The van der Waals surface area contributed by atoms with Crippen molar-refractivity contribution >= 4 is 16.9 Å². The molecule has 0 radical (unpaired) electrons. The molecule has 0 unspecified atom stereocenters. The van der Waals surface area contributed by atoms with Gasteiger partial charge in [-0.25, -0.2) is 4.98 Å². The molecule has 4 rings (SSSR count). The minimum atomic E-state index is 0.0325. The number of hydrogen-bond acceptors (Lipinski definition) is 4. The Kier molecular flexibility index (Phi) is 5.13. The smallest absolute Gasteiger partial charge is 0.255 e. The van der Waals surface area contributed by atoms with Crippen LogP contribution >= 0.6 is 0 Å². The lowest BCUT2D eigenvalue weighted by atomic mass is 9.99. The molecule has 2 aromatic heterocycles. The molecule has 1 amide bonds. The van der Waals surface area contributed by atoms with Gasteiger partial charge in [-0.1, -0.05) is 44.2 Å². The zero-order chi connectivity index (χ0) is 20.7. The number of rotatable bonds is 3. The number of carbonyl (C=O) groups excluding carboxylic acids is 1. The van der Waals surface area contributed by atoms with Crippen LogP contribution in [0.15, 0.2) is 36.4 Å². The van der Waals surface area contributed by atoms with E-state index in [1.54, 1.807) is 4.68 Å². The van der Waals surface area contributed by atoms with Gasteiger partial charge in [-0.2, -0.15) is 5.10 Å². The number of aromatic nitrogens is 3. The number of likely N-dealkylation sites (N-methyl/N-ethyl adjacent to an activating group) is 1. The Balaban J connectivity index is 1.83. The number of benzene rings is 1. The van der Waals surface area contributed by atoms with Crippen LogP contribution in [0.2, 0.25) is 0 Å². The summed E-state index contributed by atoms with van der Waals surface area (Å²) < 4.78 is 1.78. The van der Waals surface area contributed by atoms with Crippen LogP contribution in [-0.4, -0.2) is 57.2 Å². The normalized spacial score (nSPS) is 18.0. The van der Waals surface area contributed by atoms with Crippen LogP contribution in [0.3, 0.4) is 0 Å². The molecule has 1 aliphatic heterocycles. The van der Waals surface area contributed by atoms with Crippen molar-refractivity contribution in [2.75, 3.05) is 26.7 Å². The van der Waals surface area contributed by atoms with E-state index in [0.29, 0.717) is 6.54 Å². The fourth-order valence-electron chi connectivity index (χ4n) is 4.21. The van der Waals surface area contributed by atoms with Gasteiger partial charge in [-0.15, -0.1) is 0 Å². The first kappa shape index (κ1) is 19.6. The highest BCUT2D eigenvalue weighted by molar-refractivity contribution is 6.06. The molecule has 0 aliphatic carbocycles. The van der Waals surface area contributed by atoms with E-state index in [1.807, 2.05) is 43.1 Å². The molecular formula is C23H29N5O. The Morgan fingerprint density at radius 1 is 1.14 bits per heavy atom. The SMILES string of the molecule is Cc1nn(C)c2nc(C(C)C)cc(C(=O)N3CCN(C)C[C@@H]3c3ccccc3)c12. The van der Waals surface area contributed by atoms with Crippen molar-refractivity contribution in [1.29, 1.82) is 0 Å². The molecule has 3 heterocycles. The molecule has 1 fully saturated rings. The summed E-state index contributed by atoms with van der Waals surface area (Å²) in [7, 11) is 4.01. The average Bonchev–Trinajstić information content (AvgIpc) is 3.01. The number of piperazine rings is 1. The molecular weight excluding hydrogens is 362 g/mol. The quantitative estimate of drug-likeness (QED) is 0.685. The third-order valence-corrected chi connectivity index (χ3v) is 5.84. The molecule has 0 N–H and O–H groups in total. The highest BCUT2D eigenvalue weighted by atomic mass is 16.2. The monoisotopic (exact) mass is 391 g/mol. The van der Waals surface area contributed by atoms with Crippen LogP contribution in [0.25, 0.3) is 11.0 Å². The van der Waals surface area contributed by atoms with Crippen LogP contribution in [0.1, 0.15) is 53.1 Å². The van der Waals surface area contributed by atoms with Crippen molar-refractivity contribution in [2.24, 2.45) is 7.05 Å². The van der Waals surface area contributed by atoms with Gasteiger partial charge in [0, 0.05) is 32.4 Å². The van der Waals surface area contributed by atoms with E-state index >= 15 is 0 Å². The zero-order valence-corrected chi connectivity index (χ0v) is 17.9. The second-order valence-electron chi connectivity index (χ2n) is 8.34. The summed E-state index contributed by atoms with van der Waals surface area (Å²) in [5.41, 5.74) is 4.44. The summed E-state index contributed by atoms with van der Waals surface area (Å²) in [5.74, 6) is 0.302. The number of hydrogen-bond donors (Lipinski definition) is 0. The van der Waals surface area contributed by atoms with E-state index in [-0.39, 0.29) is 17.9 Å². The summed E-state index contributed by atoms with van der Waals surface area (Å²) in [6.45, 7) is 8.56. The average molecular weight is 392 g/mol. The van der Waals surface area contributed by atoms with Crippen molar-refractivity contribution in [3.8, 4) is 0 Å². The molecule has 29 heavy (non-hydrogen) atoms. The maximum atomic E-state index is 13.9. The first-order valence-corrected chi connectivity index (χ1v) is 10.3. The van der Waals surface area contributed by atoms with E-state index in [0.717, 1.165) is 41.1 Å². The Morgan fingerprint density at radius 2 is 1.86 bits per heavy atom. The lowest BCUT2D eigenvalue weighted by Gasteiger charge is -2.40. The minimum absolute atomic E-state index is 0.0325. The molecule has 3 aromatic rings. The maximum Gasteiger partial charge on any atom is 0.255 e. The molecule has 152 valence electrons. The van der Waals surface area contributed by atoms with Crippen LogP contribution in [0.5, 0.6) is 0 Å². The second kappa shape index (κ2) is 7.59. The number of carbonyl (C=O) groups is 1. The van der Waals surface area contributed by atoms with E-state index in [1.165, 1.54) is 5.56 Å². The van der Waals surface area contributed by atoms with Crippen molar-refractivity contribution in [1.82, 2.24) is 24.6 Å². The van der Waals surface area contributed by atoms with Crippen molar-refractivity contribution in [3.05, 3.63) is 58.9 Å². The Morgan fingerprint density at radius 3 is 2.55 bits per heavy atom. The van der Waals surface area contributed by atoms with Gasteiger partial charge in [0.2, 0.25) is 0 Å². The van der Waals surface area contributed by atoms with Crippen molar-refractivity contribution < 1.29 is 4.79 Å². The first-order chi connectivity index (χ1) is 13.9. The number of pyridine rings is 1. The molecule has 1 atom stereocenters. The van der Waals surface area contributed by atoms with E-state index in [9.17, 15) is 4.79 Å². The fourth-order valence-corrected chi connectivity index (χ4v) is 4.21. The highest BCUT2D eigenvalue weighted by Crippen LogP contribution is 2.31. The predicted octanol–water partition coefficient (Wildman–Crippen LogP) is 3.53. The number of nitrogens with zero attached hydrogens (tertiary/aromatic N) is 5. The standard InChI is InChI=1S/C23H29N5O/c1-15(2)19-13-18(21-16(3)25-27(5)22(21)24-19)23(29)28-12-11-26(4)14-20(28)17-9-7-6-8-10-17/h6-10,13,15,20H,11-12,14H2,1-5H3/t20-/m1/s1. The largest absolute Gasteiger partial charge is 0.329 e. The van der Waals surface area contributed by atoms with Crippen molar-refractivity contribution in [2.45, 2.75) is 32.7 Å². The maximum absolute atomic E-state index is 13.9. The summed E-state index contributed by atoms with van der Waals surface area (Å²) in [6, 6.07) is 12.3. The number of fused-ring (bicyclic) bond motifs is 1. The summed E-state index contributed by atoms with van der Waals surface area (Å²) in [4.78, 5) is 23.0. The number of amides is 1. The van der Waals surface area contributed by atoms with E-state index in [4.69, 9.17) is 4.98 Å². The lowest BCUT2D eigenvalue weighted by Crippen LogP contribution is -2.49. The lowest BCUT2D eigenvalue weighted by molar-refractivity contribution is 0.0499. The molecule has 0 bridgehead atoms. The predicted molar refractivity (Wildman–Crippen MR) is 115 cm³/mol. The van der Waals surface area contributed by atoms with Gasteiger partial charge < -0.3 is 9.80 Å². The van der Waals surface area contributed by atoms with Crippen molar-refractivity contribution in [3.63, 3.8) is 0 Å². The van der Waals surface area contributed by atoms with E-state index in [2.05, 4.69) is 43.0 Å². The van der Waals surface area contributed by atoms with Crippen LogP contribution in [0, 0.1) is 6.92 Å². The van der Waals surface area contributed by atoms with Gasteiger partial charge in [-0.3, -0.25) is 9.48 Å². The van der Waals surface area contributed by atoms with Gasteiger partial charge in [0.15, 0.2) is 5.65 Å². The van der Waals surface area contributed by atoms with Gasteiger partial charge >= 0.3 is 0 Å². The van der Waals surface area contributed by atoms with Gasteiger partial charge in [0.05, 0.1) is 22.7 Å². The Labute approximate surface area is 172 Å². The highest BCUT2D eigenvalue weighted by Gasteiger charge is 2.32. The second-order valence-corrected chi connectivity index (χ2v) is 8.34. The molecule has 0 saturated carbocycles. The third-order valence-electron chi connectivity index (χ3n) is 5.84. The Hall–Kier alpha value is -2.73. The van der Waals surface area contributed by atoms with Crippen LogP contribution < -0.4 is 0 Å². The number of aryl methyl sites for hydroxylation is 2. The summed E-state index contributed by atoms with van der Waals surface area (Å²) in [6.07, 6.45) is 0. The third kappa shape index (κ3) is 3.53. The zero-order valence-electron chi connectivity index (χ0n) is 17.9. The van der Waals surface area contributed by atoms with Crippen LogP contribution in [-0.2, 0) is 7.05 Å². The molecule has 6 heteroatoms. The minimum Gasteiger partial charge on any atom is -0.329 e. The fraction of sp³-hybridized carbons (Fsp3) is 0.435. The van der Waals surface area contributed by atoms with Gasteiger partial charge in [-0.05, 0) is 31.5 Å². The molecule has 1 aliphatic rings. The van der Waals surface area contributed by atoms with Crippen LogP contribution in [0.4, 0.5) is 0 Å². The molecule has 1 saturated heterocycles. The molecule has 6 nitrogen and oxygen atoms in total. The van der Waals surface area contributed by atoms with Gasteiger partial charge in [0.1, 0.15) is 0 Å². The molecule has 0 spiro atoms. The summed E-state index contributed by atoms with van der Waals surface area (Å²) in [5, 5.41) is 5.41.